The van der Waals surface area contributed by atoms with Gasteiger partial charge in [-0.05, 0) is 43.4 Å². The first-order valence-corrected chi connectivity index (χ1v) is 7.56. The molecule has 0 bridgehead atoms. The monoisotopic (exact) mass is 307 g/mol. The van der Waals surface area contributed by atoms with Crippen molar-refractivity contribution in [1.29, 1.82) is 0 Å². The molecule has 4 nitrogen and oxygen atoms in total. The van der Waals surface area contributed by atoms with E-state index in [1.165, 1.54) is 0 Å². The number of benzene rings is 1. The molecule has 1 aliphatic carbocycles. The molecule has 3 rings (SSSR count). The number of carboxylic acid groups (broad SMARTS) is 1. The quantitative estimate of drug-likeness (QED) is 0.934. The molecular formula is C16H18ClNO3. The third kappa shape index (κ3) is 2.64. The van der Waals surface area contributed by atoms with Gasteiger partial charge in [0.2, 0.25) is 5.91 Å². The summed E-state index contributed by atoms with van der Waals surface area (Å²) in [6.07, 6.45) is 1.36. The highest BCUT2D eigenvalue weighted by molar-refractivity contribution is 6.30. The lowest BCUT2D eigenvalue weighted by Crippen LogP contribution is -2.35. The van der Waals surface area contributed by atoms with Crippen molar-refractivity contribution in [2.45, 2.75) is 25.7 Å². The van der Waals surface area contributed by atoms with Crippen LogP contribution in [0.1, 0.15) is 31.2 Å². The van der Waals surface area contributed by atoms with Gasteiger partial charge in [-0.2, -0.15) is 0 Å². The third-order valence-corrected chi connectivity index (χ3v) is 4.92. The fraction of sp³-hybridized carbons (Fsp3) is 0.500. The molecule has 0 radical (unpaired) electrons. The Bertz CT molecular complexity index is 603. The van der Waals surface area contributed by atoms with Crippen molar-refractivity contribution >= 4 is 23.5 Å². The van der Waals surface area contributed by atoms with Crippen LogP contribution in [0.15, 0.2) is 24.3 Å². The highest BCUT2D eigenvalue weighted by atomic mass is 35.5. The number of hydrogen-bond acceptors (Lipinski definition) is 2. The van der Waals surface area contributed by atoms with Crippen LogP contribution in [0, 0.1) is 11.3 Å². The minimum Gasteiger partial charge on any atom is -0.481 e. The number of likely N-dealkylation sites (tertiary alicyclic amines) is 1. The fourth-order valence-electron chi connectivity index (χ4n) is 3.13. The summed E-state index contributed by atoms with van der Waals surface area (Å²) in [7, 11) is 0. The van der Waals surface area contributed by atoms with Gasteiger partial charge in [-0.25, -0.2) is 0 Å². The molecule has 21 heavy (non-hydrogen) atoms. The minimum atomic E-state index is -0.819. The van der Waals surface area contributed by atoms with Crippen molar-refractivity contribution < 1.29 is 14.7 Å². The Hall–Kier alpha value is -1.55. The minimum absolute atomic E-state index is 0.0142. The third-order valence-electron chi connectivity index (χ3n) is 4.69. The normalized spacial score (nSPS) is 31.2. The van der Waals surface area contributed by atoms with Crippen LogP contribution in [-0.2, 0) is 9.59 Å². The van der Waals surface area contributed by atoms with E-state index in [1.54, 1.807) is 11.8 Å². The van der Waals surface area contributed by atoms with E-state index < -0.39 is 11.4 Å². The summed E-state index contributed by atoms with van der Waals surface area (Å²) in [6.45, 7) is 2.57. The SMILES string of the molecule is C[C@]1(C(=O)O)CCN(C(=O)[C@H]2C[C@@H]2c2cccc(Cl)c2)C1. The van der Waals surface area contributed by atoms with Crippen molar-refractivity contribution in [3.8, 4) is 0 Å². The number of carbonyl (C=O) groups excluding carboxylic acids is 1. The van der Waals surface area contributed by atoms with E-state index in [0.29, 0.717) is 24.5 Å². The number of aliphatic carboxylic acids is 1. The maximum atomic E-state index is 12.5. The molecule has 0 spiro atoms. The molecule has 2 fully saturated rings. The Labute approximate surface area is 128 Å². The van der Waals surface area contributed by atoms with Crippen LogP contribution >= 0.6 is 11.6 Å². The average molecular weight is 308 g/mol. The molecule has 1 aliphatic heterocycles. The van der Waals surface area contributed by atoms with Gasteiger partial charge in [0.1, 0.15) is 0 Å². The number of amides is 1. The molecular weight excluding hydrogens is 290 g/mol. The Morgan fingerprint density at radius 1 is 1.43 bits per heavy atom. The Balaban J connectivity index is 1.65. The van der Waals surface area contributed by atoms with Crippen molar-refractivity contribution in [2.24, 2.45) is 11.3 Å². The van der Waals surface area contributed by atoms with E-state index in [0.717, 1.165) is 12.0 Å². The number of hydrogen-bond donors (Lipinski definition) is 1. The summed E-state index contributed by atoms with van der Waals surface area (Å²) in [6, 6.07) is 7.62. The first-order valence-electron chi connectivity index (χ1n) is 7.18. The predicted octanol–water partition coefficient (Wildman–Crippen LogP) is 2.77. The van der Waals surface area contributed by atoms with Crippen LogP contribution in [0.3, 0.4) is 0 Å². The molecule has 0 unspecified atom stereocenters. The lowest BCUT2D eigenvalue weighted by molar-refractivity contribution is -0.147. The Kier molecular flexibility index (Phi) is 3.44. The highest BCUT2D eigenvalue weighted by Crippen LogP contribution is 2.49. The second-order valence-electron chi connectivity index (χ2n) is 6.38. The zero-order valence-electron chi connectivity index (χ0n) is 11.9. The largest absolute Gasteiger partial charge is 0.481 e. The number of carboxylic acids is 1. The maximum Gasteiger partial charge on any atom is 0.311 e. The molecule has 112 valence electrons. The van der Waals surface area contributed by atoms with E-state index in [4.69, 9.17) is 11.6 Å². The van der Waals surface area contributed by atoms with Crippen LogP contribution < -0.4 is 0 Å². The topological polar surface area (TPSA) is 57.6 Å². The summed E-state index contributed by atoms with van der Waals surface area (Å²) in [5, 5.41) is 9.92. The molecule has 1 N–H and O–H groups in total. The van der Waals surface area contributed by atoms with E-state index in [9.17, 15) is 14.7 Å². The zero-order valence-corrected chi connectivity index (χ0v) is 12.6. The summed E-state index contributed by atoms with van der Waals surface area (Å²) in [5.74, 6) is -0.516. The first kappa shape index (κ1) is 14.4. The van der Waals surface area contributed by atoms with Crippen LogP contribution in [0.25, 0.3) is 0 Å². The predicted molar refractivity (Wildman–Crippen MR) is 79.2 cm³/mol. The smallest absolute Gasteiger partial charge is 0.311 e. The molecule has 3 atom stereocenters. The highest BCUT2D eigenvalue weighted by Gasteiger charge is 2.49. The number of carbonyl (C=O) groups is 2. The lowest BCUT2D eigenvalue weighted by Gasteiger charge is -2.20. The number of nitrogens with zero attached hydrogens (tertiary/aromatic N) is 1. The molecule has 0 aromatic heterocycles. The number of rotatable bonds is 3. The fourth-order valence-corrected chi connectivity index (χ4v) is 3.33. The second kappa shape index (κ2) is 5.02. The molecule has 1 amide bonds. The van der Waals surface area contributed by atoms with Crippen LogP contribution in [0.2, 0.25) is 5.02 Å². The molecule has 1 aromatic rings. The first-order chi connectivity index (χ1) is 9.90. The Morgan fingerprint density at radius 2 is 2.19 bits per heavy atom. The van der Waals surface area contributed by atoms with Crippen molar-refractivity contribution in [2.75, 3.05) is 13.1 Å². The summed E-state index contributed by atoms with van der Waals surface area (Å²) in [4.78, 5) is 25.4. The van der Waals surface area contributed by atoms with E-state index in [2.05, 4.69) is 0 Å². The van der Waals surface area contributed by atoms with Gasteiger partial charge in [-0.1, -0.05) is 23.7 Å². The van der Waals surface area contributed by atoms with E-state index in [1.807, 2.05) is 24.3 Å². The zero-order chi connectivity index (χ0) is 15.2. The molecule has 5 heteroatoms. The molecule has 1 saturated heterocycles. The van der Waals surface area contributed by atoms with Crippen molar-refractivity contribution in [3.05, 3.63) is 34.9 Å². The van der Waals surface area contributed by atoms with Gasteiger partial charge < -0.3 is 10.0 Å². The molecule has 2 aliphatic rings. The van der Waals surface area contributed by atoms with Gasteiger partial charge in [-0.3, -0.25) is 9.59 Å². The maximum absolute atomic E-state index is 12.5. The Morgan fingerprint density at radius 3 is 2.81 bits per heavy atom. The van der Waals surface area contributed by atoms with Gasteiger partial charge in [0.25, 0.3) is 0 Å². The molecule has 1 saturated carbocycles. The van der Waals surface area contributed by atoms with Gasteiger partial charge in [0.15, 0.2) is 0 Å². The van der Waals surface area contributed by atoms with Gasteiger partial charge in [0, 0.05) is 24.0 Å². The summed E-state index contributed by atoms with van der Waals surface area (Å²) in [5.41, 5.74) is 0.303. The van der Waals surface area contributed by atoms with Crippen molar-refractivity contribution in [1.82, 2.24) is 4.90 Å². The molecule has 1 aromatic carbocycles. The van der Waals surface area contributed by atoms with Crippen molar-refractivity contribution in [3.63, 3.8) is 0 Å². The standard InChI is InChI=1S/C16H18ClNO3/c1-16(15(20)21)5-6-18(9-16)14(19)13-8-12(13)10-3-2-4-11(17)7-10/h2-4,7,12-13H,5-6,8-9H2,1H3,(H,20,21)/t12-,13+,16+/m1/s1. The summed E-state index contributed by atoms with van der Waals surface area (Å²) < 4.78 is 0. The van der Waals surface area contributed by atoms with Crippen LogP contribution in [0.5, 0.6) is 0 Å². The second-order valence-corrected chi connectivity index (χ2v) is 6.82. The van der Waals surface area contributed by atoms with E-state index in [-0.39, 0.29) is 17.7 Å². The van der Waals surface area contributed by atoms with Gasteiger partial charge in [0.05, 0.1) is 5.41 Å². The van der Waals surface area contributed by atoms with Crippen LogP contribution in [0.4, 0.5) is 0 Å². The van der Waals surface area contributed by atoms with Gasteiger partial charge >= 0.3 is 5.97 Å². The lowest BCUT2D eigenvalue weighted by atomic mass is 9.90. The number of halogens is 1. The van der Waals surface area contributed by atoms with Crippen LogP contribution in [-0.4, -0.2) is 35.0 Å². The average Bonchev–Trinajstić information content (AvgIpc) is 3.14. The van der Waals surface area contributed by atoms with Gasteiger partial charge in [-0.15, -0.1) is 0 Å². The van der Waals surface area contributed by atoms with E-state index >= 15 is 0 Å². The summed E-state index contributed by atoms with van der Waals surface area (Å²) >= 11 is 5.98. The molecule has 1 heterocycles.